The van der Waals surface area contributed by atoms with Gasteiger partial charge in [0.05, 0.1) is 0 Å². The molecule has 0 amide bonds. The molecule has 0 fully saturated rings. The second-order valence-corrected chi connectivity index (χ2v) is 4.62. The number of para-hydroxylation sites is 1. The van der Waals surface area contributed by atoms with Crippen LogP contribution in [0.25, 0.3) is 0 Å². The van der Waals surface area contributed by atoms with Crippen molar-refractivity contribution in [1.82, 2.24) is 0 Å². The van der Waals surface area contributed by atoms with Gasteiger partial charge in [-0.2, -0.15) is 0 Å². The van der Waals surface area contributed by atoms with Crippen molar-refractivity contribution in [3.63, 3.8) is 0 Å². The van der Waals surface area contributed by atoms with Gasteiger partial charge in [0.1, 0.15) is 0 Å². The molecular weight excluding hydrogens is 254 g/mol. The fourth-order valence-electron chi connectivity index (χ4n) is 1.98. The molecule has 0 radical (unpaired) electrons. The number of anilines is 1. The number of hydrogen-bond donors (Lipinski definition) is 1. The number of carboxylic acid groups (broad SMARTS) is 1. The molecule has 0 atom stereocenters. The lowest BCUT2D eigenvalue weighted by Crippen LogP contribution is -2.25. The molecule has 2 aromatic rings. The van der Waals surface area contributed by atoms with Crippen LogP contribution in [0, 0.1) is 6.92 Å². The number of rotatable bonds is 4. The molecular formula is C16H14NO3-. The van der Waals surface area contributed by atoms with Gasteiger partial charge in [-0.15, -0.1) is 0 Å². The van der Waals surface area contributed by atoms with Crippen molar-refractivity contribution in [1.29, 1.82) is 0 Å². The van der Waals surface area contributed by atoms with E-state index in [9.17, 15) is 14.7 Å². The Morgan fingerprint density at radius 3 is 2.35 bits per heavy atom. The third-order valence-electron chi connectivity index (χ3n) is 3.09. The van der Waals surface area contributed by atoms with Gasteiger partial charge < -0.3 is 15.6 Å². The molecule has 2 N–H and O–H groups in total. The number of aryl methyl sites for hydroxylation is 1. The van der Waals surface area contributed by atoms with Gasteiger partial charge in [0, 0.05) is 29.2 Å². The van der Waals surface area contributed by atoms with E-state index in [1.54, 1.807) is 30.3 Å². The topological polar surface area (TPSA) is 83.2 Å². The largest absolute Gasteiger partial charge is 0.550 e. The molecule has 4 heteroatoms. The summed E-state index contributed by atoms with van der Waals surface area (Å²) >= 11 is 0. The number of hydrogen-bond acceptors (Lipinski definition) is 4. The maximum Gasteiger partial charge on any atom is 0.195 e. The highest BCUT2D eigenvalue weighted by Crippen LogP contribution is 2.21. The Kier molecular flexibility index (Phi) is 3.84. The number of carboxylic acids is 1. The quantitative estimate of drug-likeness (QED) is 0.665. The molecule has 0 aliphatic heterocycles. The standard InChI is InChI=1S/C16H15NO3/c1-10-5-7-11(8-6-10)16(20)13-4-2-3-12(15(13)17)9-14(18)19/h2-8H,9,17H2,1H3,(H,18,19)/p-1. The summed E-state index contributed by atoms with van der Waals surface area (Å²) in [7, 11) is 0. The second kappa shape index (κ2) is 5.57. The van der Waals surface area contributed by atoms with E-state index in [2.05, 4.69) is 0 Å². The lowest BCUT2D eigenvalue weighted by molar-refractivity contribution is -0.304. The summed E-state index contributed by atoms with van der Waals surface area (Å²) in [4.78, 5) is 23.0. The first-order valence-electron chi connectivity index (χ1n) is 6.17. The average molecular weight is 268 g/mol. The van der Waals surface area contributed by atoms with Crippen molar-refractivity contribution in [2.75, 3.05) is 5.73 Å². The van der Waals surface area contributed by atoms with Crippen LogP contribution in [0.15, 0.2) is 42.5 Å². The monoisotopic (exact) mass is 268 g/mol. The average Bonchev–Trinajstić information content (AvgIpc) is 2.41. The Morgan fingerprint density at radius 2 is 1.75 bits per heavy atom. The maximum absolute atomic E-state index is 12.4. The van der Waals surface area contributed by atoms with E-state index in [1.165, 1.54) is 0 Å². The first-order chi connectivity index (χ1) is 9.49. The molecule has 0 aliphatic rings. The molecule has 0 spiro atoms. The van der Waals surface area contributed by atoms with Crippen LogP contribution >= 0.6 is 0 Å². The summed E-state index contributed by atoms with van der Waals surface area (Å²) in [5.74, 6) is -1.45. The van der Waals surface area contributed by atoms with Gasteiger partial charge in [-0.25, -0.2) is 0 Å². The lowest BCUT2D eigenvalue weighted by atomic mass is 9.97. The molecule has 0 aliphatic carbocycles. The van der Waals surface area contributed by atoms with Gasteiger partial charge in [-0.3, -0.25) is 4.79 Å². The van der Waals surface area contributed by atoms with Crippen LogP contribution in [-0.2, 0) is 11.2 Å². The van der Waals surface area contributed by atoms with E-state index in [1.807, 2.05) is 19.1 Å². The molecule has 4 nitrogen and oxygen atoms in total. The first kappa shape index (κ1) is 13.8. The molecule has 102 valence electrons. The van der Waals surface area contributed by atoms with Crippen molar-refractivity contribution >= 4 is 17.4 Å². The van der Waals surface area contributed by atoms with Crippen molar-refractivity contribution in [2.24, 2.45) is 0 Å². The third kappa shape index (κ3) is 2.85. The number of benzene rings is 2. The minimum Gasteiger partial charge on any atom is -0.550 e. The summed E-state index contributed by atoms with van der Waals surface area (Å²) in [5, 5.41) is 10.7. The normalized spacial score (nSPS) is 10.2. The summed E-state index contributed by atoms with van der Waals surface area (Å²) in [6.07, 6.45) is -0.305. The minimum atomic E-state index is -1.23. The van der Waals surface area contributed by atoms with E-state index < -0.39 is 5.97 Å². The smallest absolute Gasteiger partial charge is 0.195 e. The van der Waals surface area contributed by atoms with Crippen LogP contribution in [0.5, 0.6) is 0 Å². The second-order valence-electron chi connectivity index (χ2n) is 4.62. The summed E-state index contributed by atoms with van der Waals surface area (Å²) < 4.78 is 0. The molecule has 2 aromatic carbocycles. The molecule has 0 saturated carbocycles. The Bertz CT molecular complexity index is 660. The van der Waals surface area contributed by atoms with Crippen LogP contribution in [0.1, 0.15) is 27.0 Å². The molecule has 0 unspecified atom stereocenters. The van der Waals surface area contributed by atoms with Crippen molar-refractivity contribution < 1.29 is 14.7 Å². The van der Waals surface area contributed by atoms with Gasteiger partial charge in [-0.1, -0.05) is 42.0 Å². The third-order valence-corrected chi connectivity index (χ3v) is 3.09. The molecule has 0 saturated heterocycles. The first-order valence-corrected chi connectivity index (χ1v) is 6.17. The molecule has 20 heavy (non-hydrogen) atoms. The Hall–Kier alpha value is -2.62. The van der Waals surface area contributed by atoms with Crippen molar-refractivity contribution in [2.45, 2.75) is 13.3 Å². The molecule has 2 rings (SSSR count). The van der Waals surface area contributed by atoms with Crippen LogP contribution in [0.3, 0.4) is 0 Å². The van der Waals surface area contributed by atoms with Gasteiger partial charge in [0.2, 0.25) is 0 Å². The minimum absolute atomic E-state index is 0.197. The van der Waals surface area contributed by atoms with Crippen molar-refractivity contribution in [3.05, 3.63) is 64.7 Å². The number of aliphatic carboxylic acids is 1. The van der Waals surface area contributed by atoms with E-state index in [4.69, 9.17) is 5.73 Å². The highest BCUT2D eigenvalue weighted by atomic mass is 16.4. The van der Waals surface area contributed by atoms with Crippen LogP contribution in [-0.4, -0.2) is 11.8 Å². The van der Waals surface area contributed by atoms with Crippen LogP contribution in [0.4, 0.5) is 5.69 Å². The zero-order valence-electron chi connectivity index (χ0n) is 11.1. The molecule has 0 heterocycles. The fraction of sp³-hybridized carbons (Fsp3) is 0.125. The Morgan fingerprint density at radius 1 is 1.10 bits per heavy atom. The highest BCUT2D eigenvalue weighted by Gasteiger charge is 2.14. The SMILES string of the molecule is Cc1ccc(C(=O)c2cccc(CC(=O)[O-])c2N)cc1. The van der Waals surface area contributed by atoms with Gasteiger partial charge in [0.15, 0.2) is 5.78 Å². The van der Waals surface area contributed by atoms with Gasteiger partial charge in [0.25, 0.3) is 0 Å². The van der Waals surface area contributed by atoms with E-state index in [0.29, 0.717) is 16.7 Å². The van der Waals surface area contributed by atoms with Gasteiger partial charge in [-0.05, 0) is 18.6 Å². The summed E-state index contributed by atoms with van der Waals surface area (Å²) in [6, 6.07) is 11.9. The molecule has 0 bridgehead atoms. The summed E-state index contributed by atoms with van der Waals surface area (Å²) in [5.41, 5.74) is 8.37. The van der Waals surface area contributed by atoms with E-state index in [0.717, 1.165) is 5.56 Å². The fourth-order valence-corrected chi connectivity index (χ4v) is 1.98. The zero-order valence-corrected chi connectivity index (χ0v) is 11.1. The Labute approximate surface area is 116 Å². The maximum atomic E-state index is 12.4. The number of nitrogens with two attached hydrogens (primary N) is 1. The number of ketones is 1. The Balaban J connectivity index is 2.39. The van der Waals surface area contributed by atoms with E-state index >= 15 is 0 Å². The predicted octanol–water partition coefficient (Wildman–Crippen LogP) is 1.10. The zero-order chi connectivity index (χ0) is 14.7. The highest BCUT2D eigenvalue weighted by molar-refractivity contribution is 6.12. The molecule has 0 aromatic heterocycles. The number of carbonyl (C=O) groups excluding carboxylic acids is 2. The predicted molar refractivity (Wildman–Crippen MR) is 74.2 cm³/mol. The van der Waals surface area contributed by atoms with Gasteiger partial charge >= 0.3 is 0 Å². The van der Waals surface area contributed by atoms with Crippen LogP contribution in [0.2, 0.25) is 0 Å². The van der Waals surface area contributed by atoms with Crippen molar-refractivity contribution in [3.8, 4) is 0 Å². The number of carbonyl (C=O) groups is 2. The lowest BCUT2D eigenvalue weighted by Gasteiger charge is -2.11. The summed E-state index contributed by atoms with van der Waals surface area (Å²) in [6.45, 7) is 1.93. The number of nitrogen functional groups attached to an aromatic ring is 1. The van der Waals surface area contributed by atoms with Crippen LogP contribution < -0.4 is 10.8 Å². The van der Waals surface area contributed by atoms with E-state index in [-0.39, 0.29) is 17.9 Å².